The van der Waals surface area contributed by atoms with E-state index >= 15 is 0 Å². The molecule has 4 nitrogen and oxygen atoms in total. The quantitative estimate of drug-likeness (QED) is 0.634. The topological polar surface area (TPSA) is 52.0 Å². The molecule has 0 amide bonds. The highest BCUT2D eigenvalue weighted by Gasteiger charge is 2.26. The molecule has 0 aliphatic heterocycles. The van der Waals surface area contributed by atoms with Gasteiger partial charge in [-0.1, -0.05) is 31.0 Å². The fraction of sp³-hybridized carbons (Fsp3) is 0.438. The lowest BCUT2D eigenvalue weighted by Crippen LogP contribution is -2.16. The molecule has 0 bridgehead atoms. The summed E-state index contributed by atoms with van der Waals surface area (Å²) in [5.41, 5.74) is 1.35. The van der Waals surface area contributed by atoms with Crippen molar-refractivity contribution in [3.8, 4) is 0 Å². The third kappa shape index (κ3) is 2.26. The van der Waals surface area contributed by atoms with Crippen LogP contribution in [0.5, 0.6) is 0 Å². The Morgan fingerprint density at radius 2 is 1.95 bits per heavy atom. The number of rotatable bonds is 4. The van der Waals surface area contributed by atoms with Crippen molar-refractivity contribution in [2.45, 2.75) is 32.1 Å². The Kier molecular flexibility index (Phi) is 3.38. The molecule has 1 fully saturated rings. The van der Waals surface area contributed by atoms with Gasteiger partial charge >= 0.3 is 0 Å². The Morgan fingerprint density at radius 3 is 2.70 bits per heavy atom. The summed E-state index contributed by atoms with van der Waals surface area (Å²) in [5.74, 6) is 0.0230. The van der Waals surface area contributed by atoms with Crippen LogP contribution in [0, 0.1) is 5.92 Å². The first-order valence-electron chi connectivity index (χ1n) is 7.14. The van der Waals surface area contributed by atoms with Crippen LogP contribution in [0.1, 0.15) is 42.6 Å². The Bertz CT molecular complexity index is 666. The zero-order valence-electron chi connectivity index (χ0n) is 11.6. The average molecular weight is 270 g/mol. The summed E-state index contributed by atoms with van der Waals surface area (Å²) in [6, 6.07) is 7.62. The first kappa shape index (κ1) is 13.0. The van der Waals surface area contributed by atoms with Crippen LogP contribution in [0.25, 0.3) is 10.9 Å². The zero-order chi connectivity index (χ0) is 14.1. The molecule has 20 heavy (non-hydrogen) atoms. The SMILES string of the molecule is Cn1nc(C(=O)CC(=O)C2CCCC2)c2ccccc21. The molecule has 0 radical (unpaired) electrons. The molecule has 1 aliphatic rings. The van der Waals surface area contributed by atoms with E-state index in [0.717, 1.165) is 36.6 Å². The van der Waals surface area contributed by atoms with E-state index < -0.39 is 0 Å². The van der Waals surface area contributed by atoms with Gasteiger partial charge in [0.2, 0.25) is 0 Å². The Labute approximate surface area is 117 Å². The number of carbonyl (C=O) groups is 2. The molecular weight excluding hydrogens is 252 g/mol. The van der Waals surface area contributed by atoms with Gasteiger partial charge in [-0.3, -0.25) is 14.3 Å². The lowest BCUT2D eigenvalue weighted by Gasteiger charge is -2.05. The molecule has 104 valence electrons. The summed E-state index contributed by atoms with van der Waals surface area (Å²) >= 11 is 0. The summed E-state index contributed by atoms with van der Waals surface area (Å²) in [7, 11) is 1.82. The van der Waals surface area contributed by atoms with Crippen molar-refractivity contribution in [1.82, 2.24) is 9.78 Å². The minimum absolute atomic E-state index is 0.00826. The number of aryl methyl sites for hydroxylation is 1. The largest absolute Gasteiger partial charge is 0.299 e. The van der Waals surface area contributed by atoms with Crippen LogP contribution >= 0.6 is 0 Å². The maximum absolute atomic E-state index is 12.3. The van der Waals surface area contributed by atoms with Gasteiger partial charge < -0.3 is 0 Å². The maximum atomic E-state index is 12.3. The standard InChI is InChI=1S/C16H18N2O2/c1-18-13-9-5-4-8-12(13)16(17-18)15(20)10-14(19)11-6-2-3-7-11/h4-5,8-9,11H,2-3,6-7,10H2,1H3. The predicted molar refractivity (Wildman–Crippen MR) is 76.6 cm³/mol. The second kappa shape index (κ2) is 5.19. The molecule has 0 saturated heterocycles. The van der Waals surface area contributed by atoms with Gasteiger partial charge in [0, 0.05) is 18.4 Å². The van der Waals surface area contributed by atoms with E-state index in [4.69, 9.17) is 0 Å². The molecule has 3 rings (SSSR count). The van der Waals surface area contributed by atoms with Gasteiger partial charge in [-0.2, -0.15) is 5.10 Å². The van der Waals surface area contributed by atoms with Gasteiger partial charge in [0.05, 0.1) is 11.9 Å². The monoisotopic (exact) mass is 270 g/mol. The molecule has 1 aliphatic carbocycles. The normalized spacial score (nSPS) is 15.8. The number of aromatic nitrogens is 2. The van der Waals surface area contributed by atoms with Gasteiger partial charge in [0.15, 0.2) is 5.78 Å². The van der Waals surface area contributed by atoms with Crippen LogP contribution in [-0.4, -0.2) is 21.3 Å². The second-order valence-corrected chi connectivity index (χ2v) is 5.54. The second-order valence-electron chi connectivity index (χ2n) is 5.54. The number of nitrogens with zero attached hydrogens (tertiary/aromatic N) is 2. The molecule has 0 N–H and O–H groups in total. The number of benzene rings is 1. The van der Waals surface area contributed by atoms with Crippen LogP contribution in [0.15, 0.2) is 24.3 Å². The summed E-state index contributed by atoms with van der Waals surface area (Å²) < 4.78 is 1.70. The number of carbonyl (C=O) groups excluding carboxylic acids is 2. The summed E-state index contributed by atoms with van der Waals surface area (Å²) in [6.07, 6.45) is 4.09. The molecule has 0 unspecified atom stereocenters. The lowest BCUT2D eigenvalue weighted by molar-refractivity contribution is -0.121. The molecule has 0 atom stereocenters. The number of para-hydroxylation sites is 1. The third-order valence-electron chi connectivity index (χ3n) is 4.17. The number of fused-ring (bicyclic) bond motifs is 1. The van der Waals surface area contributed by atoms with Crippen molar-refractivity contribution in [2.75, 3.05) is 0 Å². The summed E-state index contributed by atoms with van der Waals surface area (Å²) in [4.78, 5) is 24.5. The van der Waals surface area contributed by atoms with E-state index in [-0.39, 0.29) is 23.9 Å². The van der Waals surface area contributed by atoms with Crippen LogP contribution in [-0.2, 0) is 11.8 Å². The molecule has 1 saturated carbocycles. The van der Waals surface area contributed by atoms with E-state index in [1.807, 2.05) is 31.3 Å². The number of ketones is 2. The van der Waals surface area contributed by atoms with E-state index in [1.165, 1.54) is 0 Å². The average Bonchev–Trinajstić information content (AvgIpc) is 3.07. The van der Waals surface area contributed by atoms with Crippen molar-refractivity contribution in [1.29, 1.82) is 0 Å². The zero-order valence-corrected chi connectivity index (χ0v) is 11.6. The van der Waals surface area contributed by atoms with Gasteiger partial charge in [0.25, 0.3) is 0 Å². The fourth-order valence-corrected chi connectivity index (χ4v) is 3.05. The van der Waals surface area contributed by atoms with Crippen molar-refractivity contribution in [3.05, 3.63) is 30.0 Å². The number of hydrogen-bond acceptors (Lipinski definition) is 3. The van der Waals surface area contributed by atoms with Crippen LogP contribution in [0.3, 0.4) is 0 Å². The first-order valence-corrected chi connectivity index (χ1v) is 7.14. The first-order chi connectivity index (χ1) is 9.66. The Morgan fingerprint density at radius 1 is 1.25 bits per heavy atom. The van der Waals surface area contributed by atoms with Crippen molar-refractivity contribution >= 4 is 22.5 Å². The van der Waals surface area contributed by atoms with E-state index in [0.29, 0.717) is 5.69 Å². The minimum Gasteiger partial charge on any atom is -0.299 e. The predicted octanol–water partition coefficient (Wildman–Crippen LogP) is 2.91. The molecule has 0 spiro atoms. The van der Waals surface area contributed by atoms with Crippen LogP contribution in [0.4, 0.5) is 0 Å². The van der Waals surface area contributed by atoms with Crippen LogP contribution < -0.4 is 0 Å². The van der Waals surface area contributed by atoms with Gasteiger partial charge in [-0.25, -0.2) is 0 Å². The Hall–Kier alpha value is -1.97. The highest BCUT2D eigenvalue weighted by atomic mass is 16.1. The molecular formula is C16H18N2O2. The highest BCUT2D eigenvalue weighted by molar-refractivity contribution is 6.13. The van der Waals surface area contributed by atoms with Crippen molar-refractivity contribution < 1.29 is 9.59 Å². The van der Waals surface area contributed by atoms with Crippen molar-refractivity contribution in [3.63, 3.8) is 0 Å². The molecule has 1 heterocycles. The minimum atomic E-state index is -0.154. The molecule has 2 aromatic rings. The lowest BCUT2D eigenvalue weighted by atomic mass is 9.97. The van der Waals surface area contributed by atoms with E-state index in [9.17, 15) is 9.59 Å². The van der Waals surface area contributed by atoms with Crippen molar-refractivity contribution in [2.24, 2.45) is 13.0 Å². The maximum Gasteiger partial charge on any atom is 0.191 e. The molecule has 1 aromatic carbocycles. The van der Waals surface area contributed by atoms with Gasteiger partial charge in [-0.05, 0) is 18.9 Å². The summed E-state index contributed by atoms with van der Waals surface area (Å²) in [6.45, 7) is 0. The fourth-order valence-electron chi connectivity index (χ4n) is 3.05. The number of Topliss-reactive ketones (excluding diaryl/α,β-unsaturated/α-hetero) is 2. The highest BCUT2D eigenvalue weighted by Crippen LogP contribution is 2.27. The van der Waals surface area contributed by atoms with E-state index in [2.05, 4.69) is 5.10 Å². The van der Waals surface area contributed by atoms with Gasteiger partial charge in [-0.15, -0.1) is 0 Å². The molecule has 1 aromatic heterocycles. The van der Waals surface area contributed by atoms with Gasteiger partial charge in [0.1, 0.15) is 11.5 Å². The Balaban J connectivity index is 1.84. The number of hydrogen-bond donors (Lipinski definition) is 0. The molecule has 4 heteroatoms. The van der Waals surface area contributed by atoms with Crippen LogP contribution in [0.2, 0.25) is 0 Å². The summed E-state index contributed by atoms with van der Waals surface area (Å²) in [5, 5.41) is 5.12. The third-order valence-corrected chi connectivity index (χ3v) is 4.17. The smallest absolute Gasteiger partial charge is 0.191 e. The van der Waals surface area contributed by atoms with E-state index in [1.54, 1.807) is 4.68 Å².